The average molecular weight is 495 g/mol. The molecule has 34 heavy (non-hydrogen) atoms. The molecule has 1 aliphatic heterocycles. The molecule has 3 aromatic rings. The number of rotatable bonds is 5. The number of hydrogen-bond donors (Lipinski definition) is 0. The van der Waals surface area contributed by atoms with Gasteiger partial charge >= 0.3 is 11.9 Å². The Hall–Kier alpha value is -3.43. The fraction of sp³-hybridized carbons (Fsp3) is 0.200. The van der Waals surface area contributed by atoms with Gasteiger partial charge in [0.25, 0.3) is 5.56 Å². The summed E-state index contributed by atoms with van der Waals surface area (Å²) in [4.78, 5) is 44.1. The molecule has 0 radical (unpaired) electrons. The van der Waals surface area contributed by atoms with E-state index in [-0.39, 0.29) is 5.56 Å². The maximum atomic E-state index is 13.5. The van der Waals surface area contributed by atoms with E-state index in [1.54, 1.807) is 53.6 Å². The van der Waals surface area contributed by atoms with Crippen molar-refractivity contribution in [1.29, 1.82) is 0 Å². The topological polar surface area (TPSA) is 87.0 Å². The van der Waals surface area contributed by atoms with E-state index < -0.39 is 18.0 Å². The third kappa shape index (κ3) is 4.36. The van der Waals surface area contributed by atoms with Gasteiger partial charge in [0.05, 0.1) is 41.6 Å². The minimum absolute atomic E-state index is 0.256. The number of benzene rings is 2. The van der Waals surface area contributed by atoms with E-state index in [4.69, 9.17) is 9.47 Å². The molecule has 174 valence electrons. The Bertz CT molecular complexity index is 1470. The predicted molar refractivity (Wildman–Crippen MR) is 132 cm³/mol. The fourth-order valence-electron chi connectivity index (χ4n) is 3.78. The van der Waals surface area contributed by atoms with Crippen LogP contribution in [0, 0.1) is 0 Å². The van der Waals surface area contributed by atoms with Gasteiger partial charge in [-0.15, -0.1) is 11.8 Å². The van der Waals surface area contributed by atoms with Crippen molar-refractivity contribution < 1.29 is 19.1 Å². The Kier molecular flexibility index (Phi) is 6.85. The first-order valence-corrected chi connectivity index (χ1v) is 12.3. The molecule has 0 fully saturated rings. The number of carbonyl (C=O) groups is 2. The predicted octanol–water partition coefficient (Wildman–Crippen LogP) is 2.92. The molecule has 0 saturated heterocycles. The first-order chi connectivity index (χ1) is 16.4. The zero-order chi connectivity index (χ0) is 24.4. The van der Waals surface area contributed by atoms with Crippen LogP contribution in [0.2, 0.25) is 0 Å². The van der Waals surface area contributed by atoms with Gasteiger partial charge in [-0.1, -0.05) is 35.6 Å². The van der Waals surface area contributed by atoms with E-state index in [1.807, 2.05) is 30.5 Å². The van der Waals surface area contributed by atoms with Crippen molar-refractivity contribution in [3.63, 3.8) is 0 Å². The number of hydrogen-bond acceptors (Lipinski definition) is 8. The summed E-state index contributed by atoms with van der Waals surface area (Å²) < 4.78 is 11.8. The van der Waals surface area contributed by atoms with E-state index in [1.165, 1.54) is 25.6 Å². The zero-order valence-electron chi connectivity index (χ0n) is 19.0. The molecule has 0 spiro atoms. The van der Waals surface area contributed by atoms with Crippen molar-refractivity contribution in [1.82, 2.24) is 4.57 Å². The third-order valence-electron chi connectivity index (χ3n) is 5.49. The number of fused-ring (bicyclic) bond motifs is 1. The lowest BCUT2D eigenvalue weighted by Gasteiger charge is -2.24. The second-order valence-corrected chi connectivity index (χ2v) is 9.35. The Balaban J connectivity index is 1.87. The van der Waals surface area contributed by atoms with Gasteiger partial charge in [0.2, 0.25) is 0 Å². The van der Waals surface area contributed by atoms with Gasteiger partial charge < -0.3 is 9.47 Å². The lowest BCUT2D eigenvalue weighted by Crippen LogP contribution is -2.39. The summed E-state index contributed by atoms with van der Waals surface area (Å²) in [5.74, 6) is -0.947. The summed E-state index contributed by atoms with van der Waals surface area (Å²) in [7, 11) is 2.65. The smallest absolute Gasteiger partial charge is 0.338 e. The average Bonchev–Trinajstić information content (AvgIpc) is 3.16. The molecular weight excluding hydrogens is 472 g/mol. The maximum absolute atomic E-state index is 13.5. The van der Waals surface area contributed by atoms with Crippen LogP contribution < -0.4 is 14.9 Å². The van der Waals surface area contributed by atoms with Gasteiger partial charge in [0.15, 0.2) is 4.80 Å². The number of ether oxygens (including phenoxy) is 2. The van der Waals surface area contributed by atoms with Gasteiger partial charge in [-0.2, -0.15) is 0 Å². The van der Waals surface area contributed by atoms with Crippen molar-refractivity contribution in [2.24, 2.45) is 4.99 Å². The number of allylic oxidation sites excluding steroid dienone is 1. The molecule has 4 rings (SSSR count). The van der Waals surface area contributed by atoms with Gasteiger partial charge in [0, 0.05) is 4.90 Å². The van der Waals surface area contributed by atoms with Gasteiger partial charge in [0.1, 0.15) is 0 Å². The standard InChI is InChI=1S/C25H22N2O5S2/c1-14-20(24(30)32-3)21(16-9-11-18(33-4)12-10-16)27-22(28)19(34-25(27)26-14)13-15-5-7-17(8-6-15)23(29)31-2/h5-13,21H,1-4H3. The summed E-state index contributed by atoms with van der Waals surface area (Å²) in [6, 6.07) is 13.9. The van der Waals surface area contributed by atoms with Crippen LogP contribution in [0.15, 0.2) is 74.5 Å². The molecule has 7 nitrogen and oxygen atoms in total. The van der Waals surface area contributed by atoms with Gasteiger partial charge in [-0.05, 0) is 54.6 Å². The molecule has 0 saturated carbocycles. The number of esters is 2. The van der Waals surface area contributed by atoms with Crippen molar-refractivity contribution in [3.8, 4) is 0 Å². The zero-order valence-corrected chi connectivity index (χ0v) is 20.7. The first-order valence-electron chi connectivity index (χ1n) is 10.3. The fourth-order valence-corrected chi connectivity index (χ4v) is 5.23. The first kappa shape index (κ1) is 23.7. The number of carbonyl (C=O) groups excluding carboxylic acids is 2. The molecular formula is C25H22N2O5S2. The molecule has 2 aromatic carbocycles. The highest BCUT2D eigenvalue weighted by atomic mass is 32.2. The molecule has 9 heteroatoms. The monoisotopic (exact) mass is 494 g/mol. The Morgan fingerprint density at radius 2 is 1.68 bits per heavy atom. The van der Waals surface area contributed by atoms with Gasteiger partial charge in [-0.25, -0.2) is 14.6 Å². The Morgan fingerprint density at radius 1 is 1.03 bits per heavy atom. The lowest BCUT2D eigenvalue weighted by molar-refractivity contribution is -0.136. The number of aromatic nitrogens is 1. The molecule has 0 amide bonds. The summed E-state index contributed by atoms with van der Waals surface area (Å²) in [6.07, 6.45) is 3.73. The van der Waals surface area contributed by atoms with Crippen molar-refractivity contribution >= 4 is 41.1 Å². The Labute approximate surface area is 204 Å². The van der Waals surface area contributed by atoms with Crippen LogP contribution >= 0.6 is 23.1 Å². The van der Waals surface area contributed by atoms with Crippen LogP contribution in [0.4, 0.5) is 0 Å². The maximum Gasteiger partial charge on any atom is 0.338 e. The summed E-state index contributed by atoms with van der Waals surface area (Å²) in [6.45, 7) is 1.75. The summed E-state index contributed by atoms with van der Waals surface area (Å²) >= 11 is 2.86. The second-order valence-electron chi connectivity index (χ2n) is 7.46. The number of methoxy groups -OCH3 is 2. The molecule has 1 atom stereocenters. The van der Waals surface area contributed by atoms with Crippen LogP contribution in [0.25, 0.3) is 6.08 Å². The molecule has 1 aliphatic rings. The van der Waals surface area contributed by atoms with E-state index in [2.05, 4.69) is 4.99 Å². The molecule has 2 heterocycles. The Morgan fingerprint density at radius 3 is 2.26 bits per heavy atom. The number of nitrogens with zero attached hydrogens (tertiary/aromatic N) is 2. The van der Waals surface area contributed by atoms with E-state index in [0.29, 0.717) is 26.2 Å². The summed E-state index contributed by atoms with van der Waals surface area (Å²) in [5, 5.41) is 0. The van der Waals surface area contributed by atoms with Crippen LogP contribution in [0.5, 0.6) is 0 Å². The lowest BCUT2D eigenvalue weighted by atomic mass is 9.96. The molecule has 0 N–H and O–H groups in total. The highest BCUT2D eigenvalue weighted by molar-refractivity contribution is 7.98. The highest BCUT2D eigenvalue weighted by Gasteiger charge is 2.33. The van der Waals surface area contributed by atoms with Crippen LogP contribution in [0.3, 0.4) is 0 Å². The number of thioether (sulfide) groups is 1. The minimum atomic E-state index is -0.650. The highest BCUT2D eigenvalue weighted by Crippen LogP contribution is 2.31. The molecule has 1 unspecified atom stereocenters. The minimum Gasteiger partial charge on any atom is -0.466 e. The number of thiazole rings is 1. The van der Waals surface area contributed by atoms with Crippen molar-refractivity contribution in [3.05, 3.63) is 96.2 Å². The quantitative estimate of drug-likeness (QED) is 0.401. The van der Waals surface area contributed by atoms with Crippen LogP contribution in [-0.2, 0) is 14.3 Å². The van der Waals surface area contributed by atoms with E-state index >= 15 is 0 Å². The van der Waals surface area contributed by atoms with Crippen molar-refractivity contribution in [2.75, 3.05) is 20.5 Å². The van der Waals surface area contributed by atoms with E-state index in [0.717, 1.165) is 16.0 Å². The molecule has 0 aliphatic carbocycles. The van der Waals surface area contributed by atoms with Gasteiger partial charge in [-0.3, -0.25) is 9.36 Å². The second kappa shape index (κ2) is 9.82. The third-order valence-corrected chi connectivity index (χ3v) is 7.21. The van der Waals surface area contributed by atoms with E-state index in [9.17, 15) is 14.4 Å². The molecule has 1 aromatic heterocycles. The SMILES string of the molecule is COC(=O)C1=C(C)N=c2sc(=Cc3ccc(C(=O)OC)cc3)c(=O)n2C1c1ccc(SC)cc1. The summed E-state index contributed by atoms with van der Waals surface area (Å²) in [5.41, 5.74) is 2.56. The van der Waals surface area contributed by atoms with Crippen LogP contribution in [0.1, 0.15) is 34.5 Å². The normalized spacial score (nSPS) is 15.5. The largest absolute Gasteiger partial charge is 0.466 e. The van der Waals surface area contributed by atoms with Crippen molar-refractivity contribution in [2.45, 2.75) is 17.9 Å². The molecule has 0 bridgehead atoms. The van der Waals surface area contributed by atoms with Crippen LogP contribution in [-0.4, -0.2) is 37.0 Å².